The summed E-state index contributed by atoms with van der Waals surface area (Å²) in [5.41, 5.74) is 2.22. The number of rotatable bonds is 2. The van der Waals surface area contributed by atoms with Crippen LogP contribution in [-0.4, -0.2) is 0 Å². The van der Waals surface area contributed by atoms with Gasteiger partial charge in [-0.3, -0.25) is 0 Å². The van der Waals surface area contributed by atoms with Crippen LogP contribution in [0.25, 0.3) is 11.6 Å². The molecule has 20 heavy (non-hydrogen) atoms. The minimum Gasteiger partial charge on any atom is -0.205 e. The van der Waals surface area contributed by atoms with Gasteiger partial charge in [0.2, 0.25) is 0 Å². The maximum atomic E-state index is 13.9. The molecule has 1 nitrogen and oxygen atoms in total. The van der Waals surface area contributed by atoms with Gasteiger partial charge in [-0.1, -0.05) is 41.4 Å². The molecule has 0 bridgehead atoms. The minimum atomic E-state index is -0.534. The van der Waals surface area contributed by atoms with Gasteiger partial charge < -0.3 is 0 Å². The Bertz CT molecular complexity index is 730. The standard InChI is InChI=1S/C16H10Cl2FN/c1-10-7-13(17)5-6-14(10)12(9-20)8-11-3-2-4-15(18)16(11)19/h2-8H,1H3/b12-8+. The lowest BCUT2D eigenvalue weighted by molar-refractivity contribution is 0.625. The lowest BCUT2D eigenvalue weighted by atomic mass is 9.99. The monoisotopic (exact) mass is 305 g/mol. The third-order valence-corrected chi connectivity index (χ3v) is 3.41. The number of allylic oxidation sites excluding steroid dienone is 1. The highest BCUT2D eigenvalue weighted by molar-refractivity contribution is 6.31. The van der Waals surface area contributed by atoms with E-state index in [0.717, 1.165) is 11.1 Å². The molecule has 0 aliphatic carbocycles. The zero-order valence-electron chi connectivity index (χ0n) is 10.6. The SMILES string of the molecule is Cc1cc(Cl)ccc1/C(C#N)=C/c1cccc(Cl)c1F. The molecule has 0 aromatic heterocycles. The smallest absolute Gasteiger partial charge is 0.149 e. The molecule has 0 fully saturated rings. The molecule has 0 saturated carbocycles. The van der Waals surface area contributed by atoms with Crippen LogP contribution >= 0.6 is 23.2 Å². The van der Waals surface area contributed by atoms with Crippen LogP contribution in [0.3, 0.4) is 0 Å². The average Bonchev–Trinajstić information content (AvgIpc) is 2.41. The number of benzene rings is 2. The molecule has 0 aliphatic heterocycles. The van der Waals surface area contributed by atoms with Crippen molar-refractivity contribution in [2.75, 3.05) is 0 Å². The van der Waals surface area contributed by atoms with Crippen LogP contribution in [0.15, 0.2) is 36.4 Å². The second kappa shape index (κ2) is 6.09. The van der Waals surface area contributed by atoms with Crippen molar-refractivity contribution in [2.45, 2.75) is 6.92 Å². The Kier molecular flexibility index (Phi) is 4.44. The van der Waals surface area contributed by atoms with Crippen molar-refractivity contribution in [3.63, 3.8) is 0 Å². The topological polar surface area (TPSA) is 23.8 Å². The van der Waals surface area contributed by atoms with Crippen molar-refractivity contribution in [2.24, 2.45) is 0 Å². The van der Waals surface area contributed by atoms with Crippen LogP contribution in [0.1, 0.15) is 16.7 Å². The van der Waals surface area contributed by atoms with Crippen molar-refractivity contribution in [3.8, 4) is 6.07 Å². The Morgan fingerprint density at radius 3 is 2.65 bits per heavy atom. The highest BCUT2D eigenvalue weighted by Gasteiger charge is 2.09. The first-order valence-electron chi connectivity index (χ1n) is 5.85. The largest absolute Gasteiger partial charge is 0.205 e. The van der Waals surface area contributed by atoms with E-state index in [0.29, 0.717) is 10.6 Å². The van der Waals surface area contributed by atoms with Crippen molar-refractivity contribution in [3.05, 3.63) is 69.0 Å². The molecule has 100 valence electrons. The molecular weight excluding hydrogens is 296 g/mol. The van der Waals surface area contributed by atoms with Crippen molar-refractivity contribution in [1.29, 1.82) is 5.26 Å². The van der Waals surface area contributed by atoms with Crippen molar-refractivity contribution in [1.82, 2.24) is 0 Å². The predicted molar refractivity (Wildman–Crippen MR) is 81.1 cm³/mol. The Morgan fingerprint density at radius 1 is 1.25 bits per heavy atom. The third kappa shape index (κ3) is 3.01. The summed E-state index contributed by atoms with van der Waals surface area (Å²) >= 11 is 11.6. The molecule has 2 aromatic carbocycles. The van der Waals surface area contributed by atoms with Crippen LogP contribution in [0.2, 0.25) is 10.0 Å². The first-order valence-corrected chi connectivity index (χ1v) is 6.61. The molecule has 0 unspecified atom stereocenters. The fraction of sp³-hybridized carbons (Fsp3) is 0.0625. The van der Waals surface area contributed by atoms with E-state index in [4.69, 9.17) is 23.2 Å². The van der Waals surface area contributed by atoms with E-state index in [1.54, 1.807) is 30.3 Å². The summed E-state index contributed by atoms with van der Waals surface area (Å²) < 4.78 is 13.9. The molecular formula is C16H10Cl2FN. The summed E-state index contributed by atoms with van der Waals surface area (Å²) in [5, 5.41) is 9.91. The minimum absolute atomic E-state index is 0.0314. The molecule has 4 heteroatoms. The Hall–Kier alpha value is -1.82. The summed E-state index contributed by atoms with van der Waals surface area (Å²) in [5.74, 6) is -0.534. The van der Waals surface area contributed by atoms with E-state index in [1.807, 2.05) is 6.92 Å². The number of halogens is 3. The van der Waals surface area contributed by atoms with Gasteiger partial charge in [-0.15, -0.1) is 0 Å². The van der Waals surface area contributed by atoms with Gasteiger partial charge >= 0.3 is 0 Å². The van der Waals surface area contributed by atoms with Crippen molar-refractivity contribution >= 4 is 34.9 Å². The molecule has 0 N–H and O–H groups in total. The van der Waals surface area contributed by atoms with Crippen LogP contribution in [-0.2, 0) is 0 Å². The van der Waals surface area contributed by atoms with Crippen LogP contribution in [0.5, 0.6) is 0 Å². The number of hydrogen-bond acceptors (Lipinski definition) is 1. The molecule has 0 radical (unpaired) electrons. The van der Waals surface area contributed by atoms with Gasteiger partial charge in [-0.2, -0.15) is 5.26 Å². The van der Waals surface area contributed by atoms with Crippen LogP contribution < -0.4 is 0 Å². The molecule has 0 aliphatic rings. The highest BCUT2D eigenvalue weighted by atomic mass is 35.5. The van der Waals surface area contributed by atoms with Crippen LogP contribution in [0, 0.1) is 24.1 Å². The molecule has 0 atom stereocenters. The molecule has 0 saturated heterocycles. The number of aryl methyl sites for hydroxylation is 1. The summed E-state index contributed by atoms with van der Waals surface area (Å²) in [6.07, 6.45) is 1.48. The number of hydrogen-bond donors (Lipinski definition) is 0. The Balaban J connectivity index is 2.55. The van der Waals surface area contributed by atoms with Gasteiger partial charge in [0.05, 0.1) is 16.7 Å². The maximum absolute atomic E-state index is 13.9. The van der Waals surface area contributed by atoms with Gasteiger partial charge in [0, 0.05) is 10.6 Å². The summed E-state index contributed by atoms with van der Waals surface area (Å²) in [6.45, 7) is 1.85. The fourth-order valence-corrected chi connectivity index (χ4v) is 2.30. The number of nitrogens with zero attached hydrogens (tertiary/aromatic N) is 1. The summed E-state index contributed by atoms with van der Waals surface area (Å²) in [4.78, 5) is 0. The number of nitriles is 1. The van der Waals surface area contributed by atoms with Gasteiger partial charge in [0.25, 0.3) is 0 Å². The zero-order chi connectivity index (χ0) is 14.7. The fourth-order valence-electron chi connectivity index (χ4n) is 1.89. The van der Waals surface area contributed by atoms with E-state index in [-0.39, 0.29) is 10.6 Å². The molecule has 2 rings (SSSR count). The van der Waals surface area contributed by atoms with Crippen molar-refractivity contribution < 1.29 is 4.39 Å². The first kappa shape index (κ1) is 14.6. The van der Waals surface area contributed by atoms with E-state index in [2.05, 4.69) is 6.07 Å². The lowest BCUT2D eigenvalue weighted by Crippen LogP contribution is -1.89. The average molecular weight is 306 g/mol. The van der Waals surface area contributed by atoms with Gasteiger partial charge in [-0.05, 0) is 42.3 Å². The van der Waals surface area contributed by atoms with E-state index in [1.165, 1.54) is 12.1 Å². The summed E-state index contributed by atoms with van der Waals surface area (Å²) in [7, 11) is 0. The maximum Gasteiger partial charge on any atom is 0.149 e. The van der Waals surface area contributed by atoms with E-state index < -0.39 is 5.82 Å². The van der Waals surface area contributed by atoms with Gasteiger partial charge in [0.1, 0.15) is 5.82 Å². The second-order valence-corrected chi connectivity index (χ2v) is 5.12. The normalized spacial score (nSPS) is 11.2. The third-order valence-electron chi connectivity index (χ3n) is 2.88. The highest BCUT2D eigenvalue weighted by Crippen LogP contribution is 2.26. The Morgan fingerprint density at radius 2 is 2.00 bits per heavy atom. The molecule has 0 heterocycles. The van der Waals surface area contributed by atoms with Gasteiger partial charge in [-0.25, -0.2) is 4.39 Å². The lowest BCUT2D eigenvalue weighted by Gasteiger charge is -2.06. The summed E-state index contributed by atoms with van der Waals surface area (Å²) in [6, 6.07) is 12.0. The zero-order valence-corrected chi connectivity index (χ0v) is 12.1. The quantitative estimate of drug-likeness (QED) is 0.530. The molecule has 0 amide bonds. The predicted octanol–water partition coefficient (Wildman–Crippen LogP) is 5.51. The Labute approximate surface area is 126 Å². The van der Waals surface area contributed by atoms with E-state index >= 15 is 0 Å². The molecule has 2 aromatic rings. The molecule has 0 spiro atoms. The van der Waals surface area contributed by atoms with Gasteiger partial charge in [0.15, 0.2) is 0 Å². The van der Waals surface area contributed by atoms with E-state index in [9.17, 15) is 9.65 Å². The first-order chi connectivity index (χ1) is 9.52. The van der Waals surface area contributed by atoms with Crippen LogP contribution in [0.4, 0.5) is 4.39 Å². The second-order valence-electron chi connectivity index (χ2n) is 4.27.